The lowest BCUT2D eigenvalue weighted by Crippen LogP contribution is -2.23. The number of β-amino-alcohol motifs (C(OH)–C–C–N with tert-alkyl or cyclic N) is 1. The van der Waals surface area contributed by atoms with Gasteiger partial charge in [-0.05, 0) is 48.5 Å². The lowest BCUT2D eigenvalue weighted by atomic mass is 10.1. The fourth-order valence-corrected chi connectivity index (χ4v) is 3.90. The molecule has 0 bridgehead atoms. The first-order chi connectivity index (χ1) is 15.2. The van der Waals surface area contributed by atoms with Crippen LogP contribution in [0.2, 0.25) is 0 Å². The summed E-state index contributed by atoms with van der Waals surface area (Å²) < 4.78 is 51.4. The molecule has 32 heavy (non-hydrogen) atoms. The molecule has 1 aliphatic rings. The van der Waals surface area contributed by atoms with E-state index in [9.17, 15) is 27.5 Å². The number of hydrogen-bond donors (Lipinski definition) is 3. The molecule has 1 aromatic carbocycles. The number of carbonyl (C=O) groups is 1. The summed E-state index contributed by atoms with van der Waals surface area (Å²) in [7, 11) is 0. The molecule has 0 spiro atoms. The second-order valence-corrected chi connectivity index (χ2v) is 8.21. The van der Waals surface area contributed by atoms with Crippen LogP contribution < -0.4 is 10.2 Å². The van der Waals surface area contributed by atoms with E-state index >= 15 is 0 Å². The molecule has 3 N–H and O–H groups in total. The van der Waals surface area contributed by atoms with Crippen molar-refractivity contribution in [2.45, 2.75) is 22.9 Å². The van der Waals surface area contributed by atoms with Crippen molar-refractivity contribution in [3.63, 3.8) is 0 Å². The number of aromatic amines is 1. The van der Waals surface area contributed by atoms with Crippen LogP contribution in [0.1, 0.15) is 16.8 Å². The van der Waals surface area contributed by atoms with E-state index in [1.165, 1.54) is 12.3 Å². The highest BCUT2D eigenvalue weighted by Gasteiger charge is 2.31. The van der Waals surface area contributed by atoms with Crippen molar-refractivity contribution < 1.29 is 27.5 Å². The Hall–Kier alpha value is -3.12. The quantitative estimate of drug-likeness (QED) is 0.387. The lowest BCUT2D eigenvalue weighted by Gasteiger charge is -2.20. The van der Waals surface area contributed by atoms with Gasteiger partial charge in [0.2, 0.25) is 0 Å². The van der Waals surface area contributed by atoms with E-state index in [0.717, 1.165) is 12.1 Å². The minimum absolute atomic E-state index is 0.00820. The molecule has 12 heteroatoms. The van der Waals surface area contributed by atoms with Gasteiger partial charge in [0, 0.05) is 36.7 Å². The van der Waals surface area contributed by atoms with Gasteiger partial charge in [0.1, 0.15) is 11.6 Å². The summed E-state index contributed by atoms with van der Waals surface area (Å²) in [5.74, 6) is -1.13. The molecule has 0 radical (unpaired) electrons. The van der Waals surface area contributed by atoms with E-state index in [4.69, 9.17) is 0 Å². The number of hydrogen-bond acceptors (Lipinski definition) is 6. The van der Waals surface area contributed by atoms with Gasteiger partial charge in [-0.3, -0.25) is 9.89 Å². The number of nitrogens with zero attached hydrogens (tertiary/aromatic N) is 3. The maximum Gasteiger partial charge on any atom is 0.446 e. The van der Waals surface area contributed by atoms with Crippen LogP contribution in [0.3, 0.4) is 0 Å². The number of carbonyl (C=O) groups excluding carboxylic acids is 1. The Morgan fingerprint density at radius 2 is 2.09 bits per heavy atom. The van der Waals surface area contributed by atoms with Crippen LogP contribution in [-0.4, -0.2) is 50.9 Å². The normalized spacial score (nSPS) is 16.4. The molecular formula is C20H17F4N5O2S. The molecule has 2 aromatic heterocycles. The summed E-state index contributed by atoms with van der Waals surface area (Å²) in [5.41, 5.74) is -3.25. The Labute approximate surface area is 183 Å². The van der Waals surface area contributed by atoms with Crippen molar-refractivity contribution >= 4 is 29.2 Å². The van der Waals surface area contributed by atoms with E-state index in [2.05, 4.69) is 20.5 Å². The molecule has 7 nitrogen and oxygen atoms in total. The number of aliphatic hydroxyl groups is 1. The van der Waals surface area contributed by atoms with Crippen LogP contribution in [0, 0.1) is 5.82 Å². The van der Waals surface area contributed by atoms with Crippen LogP contribution in [0.4, 0.5) is 29.1 Å². The van der Waals surface area contributed by atoms with Gasteiger partial charge in [-0.25, -0.2) is 9.37 Å². The number of rotatable bonds is 5. The zero-order valence-electron chi connectivity index (χ0n) is 16.4. The molecule has 3 aromatic rings. The molecular weight excluding hydrogens is 450 g/mol. The lowest BCUT2D eigenvalue weighted by molar-refractivity contribution is -0.0329. The van der Waals surface area contributed by atoms with E-state index in [-0.39, 0.29) is 11.3 Å². The van der Waals surface area contributed by atoms with Crippen molar-refractivity contribution in [2.75, 3.05) is 23.3 Å². The Morgan fingerprint density at radius 1 is 1.28 bits per heavy atom. The predicted molar refractivity (Wildman–Crippen MR) is 111 cm³/mol. The Balaban J connectivity index is 1.58. The minimum Gasteiger partial charge on any atom is -0.391 e. The second kappa shape index (κ2) is 8.79. The number of H-pyrrole nitrogens is 1. The first kappa shape index (κ1) is 22.1. The van der Waals surface area contributed by atoms with Crippen LogP contribution in [0.15, 0.2) is 47.6 Å². The minimum atomic E-state index is -4.62. The van der Waals surface area contributed by atoms with Crippen molar-refractivity contribution in [3.8, 4) is 11.3 Å². The topological polar surface area (TPSA) is 94.1 Å². The molecule has 0 saturated carbocycles. The number of nitrogens with one attached hydrogen (secondary N) is 2. The van der Waals surface area contributed by atoms with Gasteiger partial charge >= 0.3 is 5.51 Å². The Kier molecular flexibility index (Phi) is 6.07. The van der Waals surface area contributed by atoms with Crippen LogP contribution in [0.5, 0.6) is 0 Å². The van der Waals surface area contributed by atoms with Crippen molar-refractivity contribution in [1.29, 1.82) is 0 Å². The number of alkyl halides is 3. The number of aromatic nitrogens is 3. The summed E-state index contributed by atoms with van der Waals surface area (Å²) >= 11 is -0.564. The number of halogens is 4. The van der Waals surface area contributed by atoms with Crippen molar-refractivity contribution in [3.05, 3.63) is 54.1 Å². The number of pyridine rings is 1. The largest absolute Gasteiger partial charge is 0.446 e. The number of amides is 1. The Morgan fingerprint density at radius 3 is 2.72 bits per heavy atom. The van der Waals surface area contributed by atoms with Crippen molar-refractivity contribution in [1.82, 2.24) is 15.2 Å². The number of anilines is 2. The SMILES string of the molecule is O=C(Nc1ccc(SC(F)(F)F)c(F)c1)c1cnc(N2CC[C@@H](O)C2)c(-c2ccn[nH]2)c1. The number of benzene rings is 1. The van der Waals surface area contributed by atoms with Gasteiger partial charge in [0.15, 0.2) is 0 Å². The molecule has 1 fully saturated rings. The molecule has 1 amide bonds. The fraction of sp³-hybridized carbons (Fsp3) is 0.250. The Bertz CT molecular complexity index is 1120. The van der Waals surface area contributed by atoms with Crippen LogP contribution in [-0.2, 0) is 0 Å². The maximum atomic E-state index is 14.0. The third-order valence-electron chi connectivity index (χ3n) is 4.80. The van der Waals surface area contributed by atoms with E-state index in [1.54, 1.807) is 18.3 Å². The molecule has 0 unspecified atom stereocenters. The summed E-state index contributed by atoms with van der Waals surface area (Å²) in [6.07, 6.45) is 3.02. The van der Waals surface area contributed by atoms with Gasteiger partial charge in [0.05, 0.1) is 22.3 Å². The number of thioether (sulfide) groups is 1. The average molecular weight is 467 g/mol. The van der Waals surface area contributed by atoms with Gasteiger partial charge in [-0.2, -0.15) is 18.3 Å². The van der Waals surface area contributed by atoms with Crippen LogP contribution in [0.25, 0.3) is 11.3 Å². The first-order valence-electron chi connectivity index (χ1n) is 9.49. The molecule has 0 aliphatic carbocycles. The first-order valence-corrected chi connectivity index (χ1v) is 10.3. The standard InChI is InChI=1S/C20H17F4N5O2S/c21-15-8-12(1-2-17(15)32-20(22,23)24)27-19(31)11-7-14(16-3-5-26-28-16)18(25-9-11)29-6-4-13(30)10-29/h1-3,5,7-9,13,30H,4,6,10H2,(H,26,28)(H,27,31)/t13-/m1/s1. The van der Waals surface area contributed by atoms with Gasteiger partial charge in [0.25, 0.3) is 5.91 Å². The second-order valence-electron chi connectivity index (χ2n) is 7.10. The maximum absolute atomic E-state index is 14.0. The highest BCUT2D eigenvalue weighted by molar-refractivity contribution is 8.00. The highest BCUT2D eigenvalue weighted by Crippen LogP contribution is 2.38. The summed E-state index contributed by atoms with van der Waals surface area (Å²) in [6.45, 7) is 1.00. The van der Waals surface area contributed by atoms with E-state index in [1.807, 2.05) is 4.90 Å². The van der Waals surface area contributed by atoms with E-state index < -0.39 is 40.0 Å². The molecule has 168 valence electrons. The molecule has 1 atom stereocenters. The van der Waals surface area contributed by atoms with Gasteiger partial charge in [-0.1, -0.05) is 0 Å². The zero-order chi connectivity index (χ0) is 22.9. The van der Waals surface area contributed by atoms with E-state index in [0.29, 0.717) is 36.6 Å². The predicted octanol–water partition coefficient (Wildman–Crippen LogP) is 4.05. The number of aliphatic hydroxyl groups excluding tert-OH is 1. The molecule has 3 heterocycles. The average Bonchev–Trinajstić information content (AvgIpc) is 3.40. The van der Waals surface area contributed by atoms with Gasteiger partial charge in [-0.15, -0.1) is 0 Å². The third-order valence-corrected chi connectivity index (χ3v) is 5.58. The third kappa shape index (κ3) is 5.02. The molecule has 1 aliphatic heterocycles. The summed E-state index contributed by atoms with van der Waals surface area (Å²) in [6, 6.07) is 6.27. The summed E-state index contributed by atoms with van der Waals surface area (Å²) in [5, 5.41) is 19.1. The van der Waals surface area contributed by atoms with Crippen LogP contribution >= 0.6 is 11.8 Å². The zero-order valence-corrected chi connectivity index (χ0v) is 17.2. The molecule has 4 rings (SSSR count). The van der Waals surface area contributed by atoms with Gasteiger partial charge < -0.3 is 15.3 Å². The highest BCUT2D eigenvalue weighted by atomic mass is 32.2. The summed E-state index contributed by atoms with van der Waals surface area (Å²) in [4.78, 5) is 18.4. The smallest absolute Gasteiger partial charge is 0.391 e. The fourth-order valence-electron chi connectivity index (χ4n) is 3.36. The monoisotopic (exact) mass is 467 g/mol. The van der Waals surface area contributed by atoms with Crippen molar-refractivity contribution in [2.24, 2.45) is 0 Å². The molecule has 1 saturated heterocycles.